The van der Waals surface area contributed by atoms with Crippen molar-refractivity contribution >= 4 is 27.6 Å². The zero-order chi connectivity index (χ0) is 13.2. The number of hydrogen-bond donors (Lipinski definition) is 4. The molecule has 0 saturated heterocycles. The van der Waals surface area contributed by atoms with Crippen LogP contribution in [-0.2, 0) is 0 Å². The van der Waals surface area contributed by atoms with Crippen LogP contribution in [0.25, 0.3) is 10.2 Å². The van der Waals surface area contributed by atoms with Crippen molar-refractivity contribution in [3.05, 3.63) is 12.0 Å². The molecule has 0 aliphatic rings. The first-order valence-electron chi connectivity index (χ1n) is 5.33. The number of nitrogens with zero attached hydrogens (tertiary/aromatic N) is 3. The number of hydrogen-bond acceptors (Lipinski definition) is 8. The topological polar surface area (TPSA) is 111 Å². The second kappa shape index (κ2) is 5.11. The van der Waals surface area contributed by atoms with E-state index in [-0.39, 0.29) is 0 Å². The van der Waals surface area contributed by atoms with Gasteiger partial charge in [0.05, 0.1) is 30.9 Å². The number of anilines is 1. The number of aliphatic hydroxyl groups excluding tert-OH is 3. The molecule has 0 saturated carbocycles. The zero-order valence-corrected chi connectivity index (χ0v) is 10.6. The first-order chi connectivity index (χ1) is 8.65. The third kappa shape index (κ3) is 2.15. The van der Waals surface area contributed by atoms with Gasteiger partial charge in [0.25, 0.3) is 0 Å². The van der Waals surface area contributed by atoms with Gasteiger partial charge in [0.2, 0.25) is 0 Å². The number of fused-ring (bicyclic) bond motifs is 1. The standard InChI is InChI=1S/C10H14N4O3S/c1-6-7-8(11-5-12-9(7)18-14-6)13-10(2-15,3-16)4-17/h5,15-17H,2-4H2,1H3,(H,11,12,13). The van der Waals surface area contributed by atoms with E-state index in [1.165, 1.54) is 17.9 Å². The predicted octanol–water partition coefficient (Wildman–Crippen LogP) is -0.478. The van der Waals surface area contributed by atoms with E-state index in [4.69, 9.17) is 0 Å². The van der Waals surface area contributed by atoms with E-state index in [2.05, 4.69) is 19.7 Å². The molecule has 0 unspecified atom stereocenters. The van der Waals surface area contributed by atoms with E-state index in [0.29, 0.717) is 10.6 Å². The minimum atomic E-state index is -1.21. The monoisotopic (exact) mass is 270 g/mol. The molecule has 0 bridgehead atoms. The molecule has 7 nitrogen and oxygen atoms in total. The minimum Gasteiger partial charge on any atom is -0.394 e. The lowest BCUT2D eigenvalue weighted by molar-refractivity contribution is 0.0832. The van der Waals surface area contributed by atoms with Crippen LogP contribution in [0.1, 0.15) is 5.69 Å². The first-order valence-corrected chi connectivity index (χ1v) is 6.11. The third-order valence-corrected chi connectivity index (χ3v) is 3.58. The van der Waals surface area contributed by atoms with Crippen molar-refractivity contribution in [3.8, 4) is 0 Å². The van der Waals surface area contributed by atoms with Crippen LogP contribution in [0.3, 0.4) is 0 Å². The molecule has 4 N–H and O–H groups in total. The Kier molecular flexibility index (Phi) is 3.71. The van der Waals surface area contributed by atoms with Crippen molar-refractivity contribution in [2.45, 2.75) is 12.5 Å². The maximum atomic E-state index is 9.29. The lowest BCUT2D eigenvalue weighted by atomic mass is 10.0. The lowest BCUT2D eigenvalue weighted by Gasteiger charge is -2.29. The molecule has 2 aromatic rings. The van der Waals surface area contributed by atoms with Gasteiger partial charge in [-0.25, -0.2) is 9.97 Å². The van der Waals surface area contributed by atoms with Gasteiger partial charge in [-0.3, -0.25) is 0 Å². The maximum absolute atomic E-state index is 9.29. The second-order valence-corrected chi connectivity index (χ2v) is 4.80. The summed E-state index contributed by atoms with van der Waals surface area (Å²) in [6.07, 6.45) is 1.37. The van der Waals surface area contributed by atoms with Gasteiger partial charge in [0, 0.05) is 0 Å². The molecule has 0 amide bonds. The highest BCUT2D eigenvalue weighted by Gasteiger charge is 2.29. The van der Waals surface area contributed by atoms with Crippen LogP contribution in [0.4, 0.5) is 5.82 Å². The van der Waals surface area contributed by atoms with Crippen molar-refractivity contribution in [3.63, 3.8) is 0 Å². The summed E-state index contributed by atoms with van der Waals surface area (Å²) in [4.78, 5) is 8.88. The number of rotatable bonds is 5. The molecule has 2 rings (SSSR count). The number of aliphatic hydroxyl groups is 3. The Balaban J connectivity index is 2.45. The highest BCUT2D eigenvalue weighted by atomic mass is 32.1. The summed E-state index contributed by atoms with van der Waals surface area (Å²) in [6, 6.07) is 0. The van der Waals surface area contributed by atoms with E-state index in [9.17, 15) is 15.3 Å². The quantitative estimate of drug-likeness (QED) is 0.580. The summed E-state index contributed by atoms with van der Waals surface area (Å²) in [5, 5.41) is 31.5. The third-order valence-electron chi connectivity index (χ3n) is 2.73. The molecule has 18 heavy (non-hydrogen) atoms. The maximum Gasteiger partial charge on any atom is 0.149 e. The Hall–Kier alpha value is -1.35. The van der Waals surface area contributed by atoms with Gasteiger partial charge in [-0.1, -0.05) is 0 Å². The van der Waals surface area contributed by atoms with Gasteiger partial charge in [0.1, 0.15) is 22.5 Å². The van der Waals surface area contributed by atoms with Gasteiger partial charge in [-0.2, -0.15) is 4.37 Å². The van der Waals surface area contributed by atoms with Crippen LogP contribution >= 0.6 is 11.5 Å². The van der Waals surface area contributed by atoms with Gasteiger partial charge >= 0.3 is 0 Å². The number of aryl methyl sites for hydroxylation is 1. The second-order valence-electron chi connectivity index (χ2n) is 4.05. The molecule has 0 aliphatic heterocycles. The zero-order valence-electron chi connectivity index (χ0n) is 9.79. The molecule has 2 aromatic heterocycles. The van der Waals surface area contributed by atoms with Gasteiger partial charge in [-0.15, -0.1) is 0 Å². The van der Waals surface area contributed by atoms with Crippen molar-refractivity contribution in [2.24, 2.45) is 0 Å². The summed E-state index contributed by atoms with van der Waals surface area (Å²) in [7, 11) is 0. The Labute approximate surface area is 107 Å². The molecule has 2 heterocycles. The van der Waals surface area contributed by atoms with Gasteiger partial charge in [-0.05, 0) is 18.5 Å². The molecule has 0 atom stereocenters. The smallest absolute Gasteiger partial charge is 0.149 e. The molecule has 0 spiro atoms. The number of nitrogens with one attached hydrogen (secondary N) is 1. The molecule has 0 radical (unpaired) electrons. The van der Waals surface area contributed by atoms with Crippen molar-refractivity contribution in [2.75, 3.05) is 25.1 Å². The molecule has 98 valence electrons. The van der Waals surface area contributed by atoms with Crippen molar-refractivity contribution in [1.29, 1.82) is 0 Å². The highest BCUT2D eigenvalue weighted by Crippen LogP contribution is 2.27. The van der Waals surface area contributed by atoms with Crippen molar-refractivity contribution < 1.29 is 15.3 Å². The highest BCUT2D eigenvalue weighted by molar-refractivity contribution is 7.13. The Morgan fingerprint density at radius 3 is 2.50 bits per heavy atom. The Morgan fingerprint density at radius 2 is 1.89 bits per heavy atom. The average Bonchev–Trinajstić information content (AvgIpc) is 2.79. The summed E-state index contributed by atoms with van der Waals surface area (Å²) < 4.78 is 4.18. The van der Waals surface area contributed by atoms with E-state index in [1.807, 2.05) is 6.92 Å². The van der Waals surface area contributed by atoms with Crippen LogP contribution < -0.4 is 5.32 Å². The average molecular weight is 270 g/mol. The molecule has 0 aliphatic carbocycles. The molecule has 0 aromatic carbocycles. The normalized spacial score (nSPS) is 12.0. The van der Waals surface area contributed by atoms with Crippen LogP contribution in [0.5, 0.6) is 0 Å². The fraction of sp³-hybridized carbons (Fsp3) is 0.500. The summed E-state index contributed by atoms with van der Waals surface area (Å²) >= 11 is 1.25. The fourth-order valence-electron chi connectivity index (χ4n) is 1.54. The summed E-state index contributed by atoms with van der Waals surface area (Å²) in [6.45, 7) is 0.582. The molecular formula is C10H14N4O3S. The predicted molar refractivity (Wildman–Crippen MR) is 67.6 cm³/mol. The van der Waals surface area contributed by atoms with Crippen LogP contribution in [0, 0.1) is 6.92 Å². The first kappa shape index (κ1) is 13.1. The number of aromatic nitrogens is 3. The SMILES string of the molecule is Cc1nsc2ncnc(NC(CO)(CO)CO)c12. The Bertz CT molecular complexity index is 533. The van der Waals surface area contributed by atoms with E-state index in [0.717, 1.165) is 11.1 Å². The van der Waals surface area contributed by atoms with E-state index in [1.54, 1.807) is 0 Å². The summed E-state index contributed by atoms with van der Waals surface area (Å²) in [5.74, 6) is 0.448. The van der Waals surface area contributed by atoms with Crippen LogP contribution in [-0.4, -0.2) is 55.0 Å². The lowest BCUT2D eigenvalue weighted by Crippen LogP contribution is -2.49. The fourth-order valence-corrected chi connectivity index (χ4v) is 2.28. The van der Waals surface area contributed by atoms with E-state index >= 15 is 0 Å². The molecular weight excluding hydrogens is 256 g/mol. The summed E-state index contributed by atoms with van der Waals surface area (Å²) in [5.41, 5.74) is -0.448. The molecule has 0 fully saturated rings. The Morgan fingerprint density at radius 1 is 1.22 bits per heavy atom. The van der Waals surface area contributed by atoms with E-state index < -0.39 is 25.4 Å². The van der Waals surface area contributed by atoms with Crippen LogP contribution in [0.15, 0.2) is 6.33 Å². The van der Waals surface area contributed by atoms with Crippen LogP contribution in [0.2, 0.25) is 0 Å². The largest absolute Gasteiger partial charge is 0.394 e. The molecule has 8 heteroatoms. The minimum absolute atomic E-state index is 0.415. The van der Waals surface area contributed by atoms with Crippen molar-refractivity contribution in [1.82, 2.24) is 14.3 Å². The van der Waals surface area contributed by atoms with Gasteiger partial charge in [0.15, 0.2) is 0 Å². The van der Waals surface area contributed by atoms with Gasteiger partial charge < -0.3 is 20.6 Å².